The van der Waals surface area contributed by atoms with Crippen molar-refractivity contribution in [3.05, 3.63) is 29.6 Å². The van der Waals surface area contributed by atoms with E-state index < -0.39 is 0 Å². The summed E-state index contributed by atoms with van der Waals surface area (Å²) in [7, 11) is 1.81. The lowest BCUT2D eigenvalue weighted by Crippen LogP contribution is -2.37. The average molecular weight is 265 g/mol. The molecule has 0 radical (unpaired) electrons. The third-order valence-corrected chi connectivity index (χ3v) is 3.45. The van der Waals surface area contributed by atoms with Gasteiger partial charge in [0.25, 0.3) is 0 Å². The van der Waals surface area contributed by atoms with Crippen LogP contribution in [-0.2, 0) is 11.3 Å². The van der Waals surface area contributed by atoms with Crippen molar-refractivity contribution in [1.82, 2.24) is 9.80 Å². The summed E-state index contributed by atoms with van der Waals surface area (Å²) >= 11 is 0. The Bertz CT molecular complexity index is 438. The number of halogens is 1. The van der Waals surface area contributed by atoms with Gasteiger partial charge in [-0.1, -0.05) is 6.07 Å². The first-order chi connectivity index (χ1) is 9.08. The van der Waals surface area contributed by atoms with Gasteiger partial charge in [0.2, 0.25) is 5.91 Å². The molecule has 1 heterocycles. The smallest absolute Gasteiger partial charge is 0.236 e. The molecule has 2 N–H and O–H groups in total. The molecule has 1 saturated heterocycles. The van der Waals surface area contributed by atoms with Gasteiger partial charge in [-0.3, -0.25) is 9.69 Å². The molecule has 0 aromatic heterocycles. The van der Waals surface area contributed by atoms with Crippen molar-refractivity contribution >= 4 is 11.6 Å². The SMILES string of the molecule is CN(CC(=O)N1CCCC1)Cc1c(N)cccc1F. The second-order valence-electron chi connectivity index (χ2n) is 5.07. The van der Waals surface area contributed by atoms with Crippen LogP contribution in [0.15, 0.2) is 18.2 Å². The number of rotatable bonds is 4. The van der Waals surface area contributed by atoms with Gasteiger partial charge >= 0.3 is 0 Å². The van der Waals surface area contributed by atoms with Gasteiger partial charge < -0.3 is 10.6 Å². The van der Waals surface area contributed by atoms with Crippen molar-refractivity contribution in [2.45, 2.75) is 19.4 Å². The molecule has 1 aromatic rings. The first kappa shape index (κ1) is 13.8. The van der Waals surface area contributed by atoms with Crippen LogP contribution in [0.25, 0.3) is 0 Å². The minimum absolute atomic E-state index is 0.106. The van der Waals surface area contributed by atoms with Crippen LogP contribution < -0.4 is 5.73 Å². The quantitative estimate of drug-likeness (QED) is 0.839. The number of likely N-dealkylation sites (N-methyl/N-ethyl adjacent to an activating group) is 1. The zero-order valence-corrected chi connectivity index (χ0v) is 11.2. The van der Waals surface area contributed by atoms with E-state index in [1.165, 1.54) is 6.07 Å². The molecular weight excluding hydrogens is 245 g/mol. The highest BCUT2D eigenvalue weighted by atomic mass is 19.1. The molecule has 1 fully saturated rings. The van der Waals surface area contributed by atoms with E-state index in [0.29, 0.717) is 24.3 Å². The number of anilines is 1. The minimum atomic E-state index is -0.319. The predicted molar refractivity (Wildman–Crippen MR) is 73.0 cm³/mol. The molecule has 0 bridgehead atoms. The van der Waals surface area contributed by atoms with Crippen molar-refractivity contribution in [1.29, 1.82) is 0 Å². The summed E-state index contributed by atoms with van der Waals surface area (Å²) in [4.78, 5) is 15.6. The summed E-state index contributed by atoms with van der Waals surface area (Å²) in [6.07, 6.45) is 2.16. The van der Waals surface area contributed by atoms with Crippen LogP contribution in [-0.4, -0.2) is 42.4 Å². The number of nitrogens with zero attached hydrogens (tertiary/aromatic N) is 2. The Morgan fingerprint density at radius 1 is 1.42 bits per heavy atom. The molecule has 1 aliphatic heterocycles. The molecule has 1 aromatic carbocycles. The van der Waals surface area contributed by atoms with Gasteiger partial charge in [-0.25, -0.2) is 4.39 Å². The predicted octanol–water partition coefficient (Wildman–Crippen LogP) is 1.46. The zero-order valence-electron chi connectivity index (χ0n) is 11.2. The normalized spacial score (nSPS) is 15.2. The van der Waals surface area contributed by atoms with E-state index in [-0.39, 0.29) is 11.7 Å². The Balaban J connectivity index is 1.93. The lowest BCUT2D eigenvalue weighted by atomic mass is 10.1. The van der Waals surface area contributed by atoms with Gasteiger partial charge in [0.15, 0.2) is 0 Å². The van der Waals surface area contributed by atoms with E-state index in [4.69, 9.17) is 5.73 Å². The molecule has 0 saturated carbocycles. The van der Waals surface area contributed by atoms with Gasteiger partial charge in [-0.15, -0.1) is 0 Å². The molecule has 2 rings (SSSR count). The van der Waals surface area contributed by atoms with Crippen LogP contribution in [0, 0.1) is 5.82 Å². The third kappa shape index (κ3) is 3.44. The Labute approximate surface area is 113 Å². The maximum absolute atomic E-state index is 13.6. The number of likely N-dealkylation sites (tertiary alicyclic amines) is 1. The number of carbonyl (C=O) groups is 1. The number of amides is 1. The van der Waals surface area contributed by atoms with Gasteiger partial charge in [0, 0.05) is 30.9 Å². The molecule has 1 aliphatic rings. The second-order valence-corrected chi connectivity index (χ2v) is 5.07. The topological polar surface area (TPSA) is 49.6 Å². The molecule has 5 heteroatoms. The second kappa shape index (κ2) is 6.02. The molecule has 0 spiro atoms. The minimum Gasteiger partial charge on any atom is -0.398 e. The van der Waals surface area contributed by atoms with Crippen LogP contribution in [0.5, 0.6) is 0 Å². The summed E-state index contributed by atoms with van der Waals surface area (Å²) in [5.41, 5.74) is 6.65. The van der Waals surface area contributed by atoms with Crippen LogP contribution in [0.4, 0.5) is 10.1 Å². The van der Waals surface area contributed by atoms with Gasteiger partial charge in [0.1, 0.15) is 5.82 Å². The van der Waals surface area contributed by atoms with E-state index in [0.717, 1.165) is 25.9 Å². The lowest BCUT2D eigenvalue weighted by Gasteiger charge is -2.21. The maximum atomic E-state index is 13.6. The van der Waals surface area contributed by atoms with E-state index in [2.05, 4.69) is 0 Å². The maximum Gasteiger partial charge on any atom is 0.236 e. The number of nitrogens with two attached hydrogens (primary N) is 1. The summed E-state index contributed by atoms with van der Waals surface area (Å²) in [5, 5.41) is 0. The van der Waals surface area contributed by atoms with Crippen LogP contribution in [0.2, 0.25) is 0 Å². The first-order valence-corrected chi connectivity index (χ1v) is 6.57. The standard InChI is InChI=1S/C14H20FN3O/c1-17(10-14(19)18-7-2-3-8-18)9-11-12(15)5-4-6-13(11)16/h4-6H,2-3,7-10,16H2,1H3. The number of hydrogen-bond acceptors (Lipinski definition) is 3. The van der Waals surface area contributed by atoms with Crippen LogP contribution in [0.1, 0.15) is 18.4 Å². The van der Waals surface area contributed by atoms with Crippen molar-refractivity contribution in [2.75, 3.05) is 32.4 Å². The zero-order chi connectivity index (χ0) is 13.8. The van der Waals surface area contributed by atoms with Gasteiger partial charge in [0.05, 0.1) is 6.54 Å². The summed E-state index contributed by atoms with van der Waals surface area (Å²) in [5.74, 6) is -0.213. The number of nitrogen functional groups attached to an aromatic ring is 1. The van der Waals surface area contributed by atoms with Crippen molar-refractivity contribution < 1.29 is 9.18 Å². The largest absolute Gasteiger partial charge is 0.398 e. The number of benzene rings is 1. The monoisotopic (exact) mass is 265 g/mol. The molecule has 4 nitrogen and oxygen atoms in total. The summed E-state index contributed by atoms with van der Waals surface area (Å²) in [6.45, 7) is 2.33. The Morgan fingerprint density at radius 3 is 2.74 bits per heavy atom. The molecule has 0 unspecified atom stereocenters. The lowest BCUT2D eigenvalue weighted by molar-refractivity contribution is -0.131. The van der Waals surface area contributed by atoms with Gasteiger partial charge in [-0.2, -0.15) is 0 Å². The van der Waals surface area contributed by atoms with E-state index in [1.54, 1.807) is 24.1 Å². The molecule has 104 valence electrons. The Morgan fingerprint density at radius 2 is 2.11 bits per heavy atom. The summed E-state index contributed by atoms with van der Waals surface area (Å²) in [6, 6.07) is 4.65. The molecule has 1 amide bonds. The molecule has 19 heavy (non-hydrogen) atoms. The van der Waals surface area contributed by atoms with E-state index in [9.17, 15) is 9.18 Å². The Hall–Kier alpha value is -1.62. The Kier molecular flexibility index (Phi) is 4.37. The van der Waals surface area contributed by atoms with Crippen LogP contribution in [0.3, 0.4) is 0 Å². The van der Waals surface area contributed by atoms with E-state index >= 15 is 0 Å². The fraction of sp³-hybridized carbons (Fsp3) is 0.500. The highest BCUT2D eigenvalue weighted by molar-refractivity contribution is 5.78. The third-order valence-electron chi connectivity index (χ3n) is 3.45. The first-order valence-electron chi connectivity index (χ1n) is 6.57. The molecule has 0 atom stereocenters. The highest BCUT2D eigenvalue weighted by Gasteiger charge is 2.19. The fourth-order valence-corrected chi connectivity index (χ4v) is 2.37. The van der Waals surface area contributed by atoms with Crippen molar-refractivity contribution in [3.63, 3.8) is 0 Å². The van der Waals surface area contributed by atoms with Gasteiger partial charge in [-0.05, 0) is 32.0 Å². The molecular formula is C14H20FN3O. The fourth-order valence-electron chi connectivity index (χ4n) is 2.37. The molecule has 0 aliphatic carbocycles. The van der Waals surface area contributed by atoms with Crippen molar-refractivity contribution in [2.24, 2.45) is 0 Å². The summed E-state index contributed by atoms with van der Waals surface area (Å²) < 4.78 is 13.6. The average Bonchev–Trinajstić information content (AvgIpc) is 2.88. The number of carbonyl (C=O) groups excluding carboxylic acids is 1. The van der Waals surface area contributed by atoms with Crippen molar-refractivity contribution in [3.8, 4) is 0 Å². The number of hydrogen-bond donors (Lipinski definition) is 1. The van der Waals surface area contributed by atoms with Crippen LogP contribution >= 0.6 is 0 Å². The highest BCUT2D eigenvalue weighted by Crippen LogP contribution is 2.17. The van der Waals surface area contributed by atoms with E-state index in [1.807, 2.05) is 4.90 Å².